The van der Waals surface area contributed by atoms with E-state index in [2.05, 4.69) is 10.2 Å². The van der Waals surface area contributed by atoms with Crippen LogP contribution in [0.1, 0.15) is 0 Å². The van der Waals surface area contributed by atoms with Crippen LogP contribution in [0.25, 0.3) is 0 Å². The van der Waals surface area contributed by atoms with Gasteiger partial charge in [-0.15, -0.1) is 5.10 Å². The van der Waals surface area contributed by atoms with Crippen LogP contribution in [0, 0.1) is 0 Å². The minimum Gasteiger partial charge on any atom is -0.492 e. The van der Waals surface area contributed by atoms with Crippen LogP contribution in [-0.4, -0.2) is 15.3 Å². The summed E-state index contributed by atoms with van der Waals surface area (Å²) in [6.07, 6.45) is 1.55. The molecule has 0 aromatic carbocycles. The summed E-state index contributed by atoms with van der Waals surface area (Å²) in [5.74, 6) is 0.0370. The second kappa shape index (κ2) is 2.66. The van der Waals surface area contributed by atoms with E-state index in [4.69, 9.17) is 5.11 Å². The third-order valence-corrected chi connectivity index (χ3v) is 0.486. The Hall–Kier alpha value is -0.471. The second-order valence-electron chi connectivity index (χ2n) is 0.932. The van der Waals surface area contributed by atoms with Crippen LogP contribution < -0.4 is 0 Å². The summed E-state index contributed by atoms with van der Waals surface area (Å²) >= 11 is 0. The molecule has 0 bridgehead atoms. The Morgan fingerprint density at radius 2 is 2.43 bits per heavy atom. The summed E-state index contributed by atoms with van der Waals surface area (Å²) in [5, 5.41) is 14.1. The predicted molar refractivity (Wildman–Crippen MR) is 20.3 cm³/mol. The average molecular weight is 139 g/mol. The first-order valence-corrected chi connectivity index (χ1v) is 1.58. The fourth-order valence-electron chi connectivity index (χ4n) is 0.252. The van der Waals surface area contributed by atoms with Crippen molar-refractivity contribution in [3.05, 3.63) is 12.3 Å². The van der Waals surface area contributed by atoms with Gasteiger partial charge in [0.25, 0.3) is 0 Å². The van der Waals surface area contributed by atoms with Gasteiger partial charge >= 0.3 is 0 Å². The van der Waals surface area contributed by atoms with E-state index in [1.165, 1.54) is 6.07 Å². The molecule has 1 rings (SSSR count). The fraction of sp³-hybridized carbons (Fsp3) is 0. The van der Waals surface area contributed by atoms with E-state index in [0.29, 0.717) is 0 Å². The fourth-order valence-corrected chi connectivity index (χ4v) is 0.252. The number of hydrogen-bond donors (Lipinski definition) is 2. The summed E-state index contributed by atoms with van der Waals surface area (Å²) in [7, 11) is 0. The van der Waals surface area contributed by atoms with Crippen LogP contribution in [0.4, 0.5) is 0 Å². The number of aromatic hydroxyl groups is 1. The summed E-state index contributed by atoms with van der Waals surface area (Å²) in [6, 6.07) is 1.47. The molecule has 7 heavy (non-hydrogen) atoms. The van der Waals surface area contributed by atoms with E-state index in [1.54, 1.807) is 6.20 Å². The van der Waals surface area contributed by atoms with Crippen LogP contribution in [0.2, 0.25) is 0 Å². The van der Waals surface area contributed by atoms with Gasteiger partial charge in [-0.1, -0.05) is 0 Å². The molecule has 0 saturated carbocycles. The molecule has 2 N–H and O–H groups in total. The standard InChI is InChI=1S/C3H4N2O.Mn/c6-3-1-2-4-5-3;/h1-2H,(H2,4,5,6);. The predicted octanol–water partition coefficient (Wildman–Crippen LogP) is 0.113. The molecular weight excluding hydrogens is 135 g/mol. The van der Waals surface area contributed by atoms with Crippen molar-refractivity contribution in [3.63, 3.8) is 0 Å². The van der Waals surface area contributed by atoms with E-state index < -0.39 is 0 Å². The van der Waals surface area contributed by atoms with Gasteiger partial charge in [-0.3, -0.25) is 5.10 Å². The van der Waals surface area contributed by atoms with Gasteiger partial charge in [0.05, 0.1) is 0 Å². The van der Waals surface area contributed by atoms with Gasteiger partial charge in [-0.25, -0.2) is 0 Å². The zero-order chi connectivity index (χ0) is 4.41. The van der Waals surface area contributed by atoms with Gasteiger partial charge in [0.2, 0.25) is 5.88 Å². The summed E-state index contributed by atoms with van der Waals surface area (Å²) in [6.45, 7) is 0. The molecule has 1 aromatic rings. The van der Waals surface area contributed by atoms with Crippen molar-refractivity contribution in [2.24, 2.45) is 0 Å². The maximum atomic E-state index is 8.33. The first-order chi connectivity index (χ1) is 2.89. The molecule has 0 aliphatic carbocycles. The normalized spacial score (nSPS) is 7.43. The Kier molecular flexibility index (Phi) is 2.48. The quantitative estimate of drug-likeness (QED) is 0.501. The zero-order valence-electron chi connectivity index (χ0n) is 3.43. The van der Waals surface area contributed by atoms with Crippen molar-refractivity contribution < 1.29 is 22.2 Å². The monoisotopic (exact) mass is 139 g/mol. The molecule has 0 aliphatic rings. The molecule has 0 amide bonds. The smallest absolute Gasteiger partial charge is 0.229 e. The first kappa shape index (κ1) is 6.53. The topological polar surface area (TPSA) is 48.9 Å². The van der Waals surface area contributed by atoms with E-state index in [1.807, 2.05) is 0 Å². The van der Waals surface area contributed by atoms with Crippen LogP contribution in [-0.2, 0) is 17.1 Å². The number of rotatable bonds is 0. The number of nitrogens with zero attached hydrogens (tertiary/aromatic N) is 1. The molecule has 0 spiro atoms. The maximum absolute atomic E-state index is 8.33. The number of nitrogens with one attached hydrogen (secondary N) is 1. The van der Waals surface area contributed by atoms with Gasteiger partial charge < -0.3 is 5.11 Å². The Morgan fingerprint density at radius 1 is 1.71 bits per heavy atom. The van der Waals surface area contributed by atoms with Crippen molar-refractivity contribution in [1.82, 2.24) is 10.2 Å². The van der Waals surface area contributed by atoms with E-state index in [9.17, 15) is 0 Å². The zero-order valence-corrected chi connectivity index (χ0v) is 4.61. The van der Waals surface area contributed by atoms with Crippen LogP contribution in [0.15, 0.2) is 12.3 Å². The van der Waals surface area contributed by atoms with Gasteiger partial charge in [0.15, 0.2) is 0 Å². The van der Waals surface area contributed by atoms with Crippen molar-refractivity contribution in [2.75, 3.05) is 0 Å². The van der Waals surface area contributed by atoms with Crippen molar-refractivity contribution >= 4 is 0 Å². The maximum Gasteiger partial charge on any atom is 0.229 e. The summed E-state index contributed by atoms with van der Waals surface area (Å²) < 4.78 is 0. The molecular formula is C3H4MnN2O. The molecule has 1 radical (unpaired) electrons. The van der Waals surface area contributed by atoms with E-state index in [0.717, 1.165) is 0 Å². The van der Waals surface area contributed by atoms with Crippen LogP contribution in [0.5, 0.6) is 5.88 Å². The van der Waals surface area contributed by atoms with Gasteiger partial charge in [-0.2, -0.15) is 0 Å². The van der Waals surface area contributed by atoms with Crippen molar-refractivity contribution in [3.8, 4) is 5.88 Å². The Morgan fingerprint density at radius 3 is 2.57 bits per heavy atom. The molecule has 4 heteroatoms. The molecule has 1 aromatic heterocycles. The van der Waals surface area contributed by atoms with Crippen molar-refractivity contribution in [1.29, 1.82) is 0 Å². The van der Waals surface area contributed by atoms with Gasteiger partial charge in [-0.05, 0) is 0 Å². The van der Waals surface area contributed by atoms with Crippen LogP contribution in [0.3, 0.4) is 0 Å². The second-order valence-corrected chi connectivity index (χ2v) is 0.932. The Bertz CT molecular complexity index is 116. The number of H-pyrrole nitrogens is 1. The Labute approximate surface area is 51.2 Å². The Balaban J connectivity index is 0.000000360. The third-order valence-electron chi connectivity index (χ3n) is 0.486. The molecule has 39 valence electrons. The number of aromatic amines is 1. The average Bonchev–Trinajstić information content (AvgIpc) is 1.86. The first-order valence-electron chi connectivity index (χ1n) is 1.58. The van der Waals surface area contributed by atoms with Crippen molar-refractivity contribution in [2.45, 2.75) is 0 Å². The number of hydrogen-bond acceptors (Lipinski definition) is 2. The molecule has 0 unspecified atom stereocenters. The van der Waals surface area contributed by atoms with Gasteiger partial charge in [0, 0.05) is 29.3 Å². The van der Waals surface area contributed by atoms with E-state index in [-0.39, 0.29) is 22.9 Å². The van der Waals surface area contributed by atoms with E-state index >= 15 is 0 Å². The summed E-state index contributed by atoms with van der Waals surface area (Å²) in [4.78, 5) is 0. The number of aromatic nitrogens is 2. The molecule has 0 saturated heterocycles. The molecule has 1 heterocycles. The van der Waals surface area contributed by atoms with Crippen LogP contribution >= 0.6 is 0 Å². The SMILES string of the molecule is Oc1cc[nH]n1.[Mn]. The van der Waals surface area contributed by atoms with Gasteiger partial charge in [0.1, 0.15) is 0 Å². The molecule has 0 aliphatic heterocycles. The molecule has 0 atom stereocenters. The summed E-state index contributed by atoms with van der Waals surface area (Å²) in [5.41, 5.74) is 0. The minimum absolute atomic E-state index is 0. The molecule has 0 fully saturated rings. The minimum atomic E-state index is 0. The molecule has 3 nitrogen and oxygen atoms in total. The third kappa shape index (κ3) is 1.62. The largest absolute Gasteiger partial charge is 0.492 e.